The second-order valence-corrected chi connectivity index (χ2v) is 7.85. The third-order valence-electron chi connectivity index (χ3n) is 3.83. The van der Waals surface area contributed by atoms with Gasteiger partial charge in [-0.1, -0.05) is 18.5 Å². The summed E-state index contributed by atoms with van der Waals surface area (Å²) in [6, 6.07) is 2.52. The van der Waals surface area contributed by atoms with E-state index in [1.165, 1.54) is 16.4 Å². The molecule has 1 fully saturated rings. The number of nitrogens with zero attached hydrogens (tertiary/aromatic N) is 2. The molecule has 10 heteroatoms. The van der Waals surface area contributed by atoms with Crippen molar-refractivity contribution in [2.45, 2.75) is 37.6 Å². The van der Waals surface area contributed by atoms with E-state index in [9.17, 15) is 18.5 Å². The quantitative estimate of drug-likeness (QED) is 0.588. The van der Waals surface area contributed by atoms with Crippen LogP contribution in [0.4, 0.5) is 5.69 Å². The van der Waals surface area contributed by atoms with Gasteiger partial charge in [0.25, 0.3) is 5.69 Å². The van der Waals surface area contributed by atoms with Gasteiger partial charge in [0.1, 0.15) is 9.92 Å². The molecule has 1 aliphatic heterocycles. The summed E-state index contributed by atoms with van der Waals surface area (Å²) >= 11 is 6.05. The zero-order chi connectivity index (χ0) is 17.2. The molecule has 24 heavy (non-hydrogen) atoms. The molecule has 1 N–H and O–H groups in total. The van der Waals surface area contributed by atoms with Crippen molar-refractivity contribution in [1.29, 1.82) is 0 Å². The second kappa shape index (κ2) is 8.44. The summed E-state index contributed by atoms with van der Waals surface area (Å²) in [6.07, 6.45) is 1.37. The molecule has 2 rings (SSSR count). The Morgan fingerprint density at radius 1 is 1.46 bits per heavy atom. The van der Waals surface area contributed by atoms with Gasteiger partial charge in [0.2, 0.25) is 10.0 Å². The number of nitro benzene ring substituents is 1. The van der Waals surface area contributed by atoms with E-state index in [1.807, 2.05) is 6.92 Å². The number of nitro groups is 1. The first kappa shape index (κ1) is 21.1. The molecule has 1 unspecified atom stereocenters. The fourth-order valence-electron chi connectivity index (χ4n) is 2.77. The van der Waals surface area contributed by atoms with Crippen LogP contribution in [0.5, 0.6) is 0 Å². The van der Waals surface area contributed by atoms with Crippen LogP contribution in [0.3, 0.4) is 0 Å². The highest BCUT2D eigenvalue weighted by atomic mass is 35.5. The second-order valence-electron chi connectivity index (χ2n) is 5.62. The maximum Gasteiger partial charge on any atom is 0.289 e. The molecular formula is C14H21Cl2N3O4S. The molecule has 1 aromatic carbocycles. The van der Waals surface area contributed by atoms with Gasteiger partial charge in [0.15, 0.2) is 0 Å². The first-order valence-corrected chi connectivity index (χ1v) is 9.28. The molecule has 1 aromatic rings. The lowest BCUT2D eigenvalue weighted by Gasteiger charge is -2.27. The molecule has 0 radical (unpaired) electrons. The molecule has 136 valence electrons. The Balaban J connectivity index is 0.00000288. The van der Waals surface area contributed by atoms with E-state index in [2.05, 4.69) is 5.32 Å². The number of benzene rings is 1. The molecule has 1 aliphatic rings. The largest absolute Gasteiger partial charge is 0.315 e. The lowest BCUT2D eigenvalue weighted by molar-refractivity contribution is -0.385. The van der Waals surface area contributed by atoms with Crippen molar-refractivity contribution in [3.05, 3.63) is 32.8 Å². The molecule has 0 amide bonds. The van der Waals surface area contributed by atoms with Crippen LogP contribution in [0.15, 0.2) is 17.0 Å². The predicted molar refractivity (Wildman–Crippen MR) is 95.5 cm³/mol. The smallest absolute Gasteiger partial charge is 0.289 e. The summed E-state index contributed by atoms with van der Waals surface area (Å²) in [5.41, 5.74) is 0.104. The predicted octanol–water partition coefficient (Wildman–Crippen LogP) is 2.74. The van der Waals surface area contributed by atoms with Gasteiger partial charge in [-0.3, -0.25) is 10.1 Å². The minimum absolute atomic E-state index is 0. The third kappa shape index (κ3) is 4.18. The summed E-state index contributed by atoms with van der Waals surface area (Å²) < 4.78 is 27.5. The highest BCUT2D eigenvalue weighted by Gasteiger charge is 2.35. The SMILES string of the molecule is CCCN(C1CCNC1)S(=O)(=O)c1cc(C)cc([N+](=O)[O-])c1Cl.Cl. The Labute approximate surface area is 153 Å². The van der Waals surface area contributed by atoms with E-state index in [0.29, 0.717) is 31.5 Å². The fraction of sp³-hybridized carbons (Fsp3) is 0.571. The zero-order valence-electron chi connectivity index (χ0n) is 13.5. The topological polar surface area (TPSA) is 92.6 Å². The normalized spacial score (nSPS) is 17.8. The molecule has 1 saturated heterocycles. The molecule has 1 atom stereocenters. The standard InChI is InChI=1S/C14H20ClN3O4S.ClH/c1-3-6-17(11-4-5-16-9-11)23(21,22)13-8-10(2)7-12(14(13)15)18(19)20;/h7-8,11,16H,3-6,9H2,1-2H3;1H. The van der Waals surface area contributed by atoms with Crippen molar-refractivity contribution in [3.8, 4) is 0 Å². The Hall–Kier alpha value is -0.930. The van der Waals surface area contributed by atoms with E-state index in [0.717, 1.165) is 6.54 Å². The van der Waals surface area contributed by atoms with Crippen LogP contribution >= 0.6 is 24.0 Å². The number of nitrogens with one attached hydrogen (secondary N) is 1. The highest BCUT2D eigenvalue weighted by molar-refractivity contribution is 7.89. The number of hydrogen-bond donors (Lipinski definition) is 1. The molecule has 0 bridgehead atoms. The van der Waals surface area contributed by atoms with Crippen LogP contribution in [-0.2, 0) is 10.0 Å². The van der Waals surface area contributed by atoms with Gasteiger partial charge < -0.3 is 5.32 Å². The van der Waals surface area contributed by atoms with Crippen LogP contribution < -0.4 is 5.32 Å². The van der Waals surface area contributed by atoms with Crippen LogP contribution in [0, 0.1) is 17.0 Å². The van der Waals surface area contributed by atoms with Crippen molar-refractivity contribution in [2.75, 3.05) is 19.6 Å². The van der Waals surface area contributed by atoms with Gasteiger partial charge in [-0.25, -0.2) is 8.42 Å². The lowest BCUT2D eigenvalue weighted by atomic mass is 10.2. The average Bonchev–Trinajstić information content (AvgIpc) is 2.99. The highest BCUT2D eigenvalue weighted by Crippen LogP contribution is 2.35. The molecule has 0 spiro atoms. The molecule has 0 aliphatic carbocycles. The Morgan fingerprint density at radius 2 is 2.12 bits per heavy atom. The fourth-order valence-corrected chi connectivity index (χ4v) is 5.15. The molecular weight excluding hydrogens is 377 g/mol. The summed E-state index contributed by atoms with van der Waals surface area (Å²) in [6.45, 7) is 5.19. The molecule has 0 aromatic heterocycles. The lowest BCUT2D eigenvalue weighted by Crippen LogP contribution is -2.42. The monoisotopic (exact) mass is 397 g/mol. The molecule has 1 heterocycles. The average molecular weight is 398 g/mol. The van der Waals surface area contributed by atoms with Gasteiger partial charge >= 0.3 is 0 Å². The number of aryl methyl sites for hydroxylation is 1. The maximum absolute atomic E-state index is 13.0. The van der Waals surface area contributed by atoms with E-state index >= 15 is 0 Å². The van der Waals surface area contributed by atoms with Gasteiger partial charge in [0, 0.05) is 25.2 Å². The Kier molecular flexibility index (Phi) is 7.43. The van der Waals surface area contributed by atoms with Crippen LogP contribution in [-0.4, -0.2) is 43.3 Å². The van der Waals surface area contributed by atoms with E-state index in [4.69, 9.17) is 11.6 Å². The zero-order valence-corrected chi connectivity index (χ0v) is 15.9. The van der Waals surface area contributed by atoms with Crippen LogP contribution in [0.2, 0.25) is 5.02 Å². The van der Waals surface area contributed by atoms with Crippen molar-refractivity contribution in [1.82, 2.24) is 9.62 Å². The van der Waals surface area contributed by atoms with E-state index in [1.54, 1.807) is 6.92 Å². The van der Waals surface area contributed by atoms with Crippen molar-refractivity contribution < 1.29 is 13.3 Å². The maximum atomic E-state index is 13.0. The number of sulfonamides is 1. The summed E-state index contributed by atoms with van der Waals surface area (Å²) in [5.74, 6) is 0. The minimum atomic E-state index is -3.90. The first-order valence-electron chi connectivity index (χ1n) is 7.46. The first-order chi connectivity index (χ1) is 10.8. The van der Waals surface area contributed by atoms with Gasteiger partial charge in [0.05, 0.1) is 4.92 Å². The van der Waals surface area contributed by atoms with E-state index < -0.39 is 14.9 Å². The van der Waals surface area contributed by atoms with Gasteiger partial charge in [-0.15, -0.1) is 12.4 Å². The molecule has 0 saturated carbocycles. The number of hydrogen-bond acceptors (Lipinski definition) is 5. The van der Waals surface area contributed by atoms with Crippen LogP contribution in [0.1, 0.15) is 25.3 Å². The summed E-state index contributed by atoms with van der Waals surface area (Å²) in [4.78, 5) is 10.3. The Bertz CT molecular complexity index is 706. The van der Waals surface area contributed by atoms with Gasteiger partial charge in [-0.05, 0) is 37.9 Å². The minimum Gasteiger partial charge on any atom is -0.315 e. The van der Waals surface area contributed by atoms with Crippen molar-refractivity contribution in [3.63, 3.8) is 0 Å². The Morgan fingerprint density at radius 3 is 2.62 bits per heavy atom. The number of halogens is 2. The third-order valence-corrected chi connectivity index (χ3v) is 6.32. The van der Waals surface area contributed by atoms with Crippen molar-refractivity contribution in [2.24, 2.45) is 0 Å². The van der Waals surface area contributed by atoms with E-state index in [-0.39, 0.29) is 34.1 Å². The summed E-state index contributed by atoms with van der Waals surface area (Å²) in [7, 11) is -3.90. The molecule has 7 nitrogen and oxygen atoms in total. The van der Waals surface area contributed by atoms with Gasteiger partial charge in [-0.2, -0.15) is 4.31 Å². The van der Waals surface area contributed by atoms with Crippen molar-refractivity contribution >= 4 is 39.7 Å². The number of rotatable bonds is 6. The summed E-state index contributed by atoms with van der Waals surface area (Å²) in [5, 5.41) is 13.9. The van der Waals surface area contributed by atoms with Crippen LogP contribution in [0.25, 0.3) is 0 Å².